The van der Waals surface area contributed by atoms with Crippen molar-refractivity contribution in [2.24, 2.45) is 7.05 Å². The van der Waals surface area contributed by atoms with Gasteiger partial charge >= 0.3 is 0 Å². The smallest absolute Gasteiger partial charge is 0.230 e. The van der Waals surface area contributed by atoms with Crippen LogP contribution in [0.15, 0.2) is 29.4 Å². The molecule has 0 unspecified atom stereocenters. The Bertz CT molecular complexity index is 759. The van der Waals surface area contributed by atoms with Gasteiger partial charge in [0.1, 0.15) is 6.61 Å². The zero-order valence-electron chi connectivity index (χ0n) is 15.8. The maximum atomic E-state index is 12.2. The average Bonchev–Trinajstić information content (AvgIpc) is 3.05. The van der Waals surface area contributed by atoms with Gasteiger partial charge in [0.2, 0.25) is 5.91 Å². The third kappa shape index (κ3) is 5.38. The highest BCUT2D eigenvalue weighted by Crippen LogP contribution is 2.26. The lowest BCUT2D eigenvalue weighted by atomic mass is 9.95. The zero-order valence-corrected chi connectivity index (χ0v) is 16.6. The first kappa shape index (κ1) is 19.5. The van der Waals surface area contributed by atoms with Crippen molar-refractivity contribution in [3.8, 4) is 11.5 Å². The molecule has 1 N–H and O–H groups in total. The topological polar surface area (TPSA) is 78.3 Å². The fraction of sp³-hybridized carbons (Fsp3) is 0.526. The number of aromatic nitrogens is 3. The quantitative estimate of drug-likeness (QED) is 0.698. The molecule has 0 bridgehead atoms. The number of amides is 1. The fourth-order valence-corrected chi connectivity index (χ4v) is 3.86. The second-order valence-electron chi connectivity index (χ2n) is 6.59. The Morgan fingerprint density at radius 1 is 1.22 bits per heavy atom. The molecule has 1 amide bonds. The Labute approximate surface area is 163 Å². The highest BCUT2D eigenvalue weighted by atomic mass is 32.2. The van der Waals surface area contributed by atoms with Gasteiger partial charge in [-0.05, 0) is 25.0 Å². The number of thioether (sulfide) groups is 1. The lowest BCUT2D eigenvalue weighted by Gasteiger charge is -2.22. The molecule has 3 rings (SSSR count). The molecule has 8 heteroatoms. The Hall–Kier alpha value is -2.22. The van der Waals surface area contributed by atoms with Gasteiger partial charge in [-0.3, -0.25) is 4.79 Å². The molecule has 1 saturated carbocycles. The van der Waals surface area contributed by atoms with Crippen molar-refractivity contribution in [3.63, 3.8) is 0 Å². The minimum atomic E-state index is 0.0571. The molecular weight excluding hydrogens is 364 g/mol. The van der Waals surface area contributed by atoms with Gasteiger partial charge in [-0.15, -0.1) is 10.2 Å². The SMILES string of the molecule is COc1ccccc1OCc1nnc(SCC(=O)NC2CCCCC2)n1C. The van der Waals surface area contributed by atoms with Crippen LogP contribution in [0.25, 0.3) is 0 Å². The Morgan fingerprint density at radius 2 is 1.96 bits per heavy atom. The minimum absolute atomic E-state index is 0.0571. The summed E-state index contributed by atoms with van der Waals surface area (Å²) in [6.07, 6.45) is 5.86. The van der Waals surface area contributed by atoms with Gasteiger partial charge in [-0.25, -0.2) is 0 Å². The van der Waals surface area contributed by atoms with Gasteiger partial charge in [0.05, 0.1) is 12.9 Å². The van der Waals surface area contributed by atoms with Crippen LogP contribution in [0.4, 0.5) is 0 Å². The molecule has 0 radical (unpaired) electrons. The van der Waals surface area contributed by atoms with E-state index in [2.05, 4.69) is 15.5 Å². The van der Waals surface area contributed by atoms with E-state index < -0.39 is 0 Å². The van der Waals surface area contributed by atoms with Crippen molar-refractivity contribution >= 4 is 17.7 Å². The number of para-hydroxylation sites is 2. The third-order valence-electron chi connectivity index (χ3n) is 4.65. The van der Waals surface area contributed by atoms with Crippen LogP contribution in [0.1, 0.15) is 37.9 Å². The molecule has 2 aromatic rings. The summed E-state index contributed by atoms with van der Waals surface area (Å²) in [5.41, 5.74) is 0. The number of carbonyl (C=O) groups is 1. The van der Waals surface area contributed by atoms with Crippen molar-refractivity contribution in [1.82, 2.24) is 20.1 Å². The van der Waals surface area contributed by atoms with Gasteiger partial charge in [0.25, 0.3) is 0 Å². The lowest BCUT2D eigenvalue weighted by Crippen LogP contribution is -2.37. The predicted octanol–water partition coefficient (Wildman–Crippen LogP) is 2.94. The van der Waals surface area contributed by atoms with Gasteiger partial charge in [-0.2, -0.15) is 0 Å². The molecule has 7 nitrogen and oxygen atoms in total. The van der Waals surface area contributed by atoms with E-state index in [1.807, 2.05) is 35.9 Å². The number of hydrogen-bond donors (Lipinski definition) is 1. The van der Waals surface area contributed by atoms with Crippen molar-refractivity contribution in [2.45, 2.75) is 49.9 Å². The summed E-state index contributed by atoms with van der Waals surface area (Å²) in [4.78, 5) is 12.2. The molecule has 0 atom stereocenters. The van der Waals surface area contributed by atoms with Crippen LogP contribution in [0.3, 0.4) is 0 Å². The summed E-state index contributed by atoms with van der Waals surface area (Å²) in [6, 6.07) is 7.80. The van der Waals surface area contributed by atoms with Crippen LogP contribution in [0.2, 0.25) is 0 Å². The molecule has 1 aromatic heterocycles. The molecule has 0 saturated heterocycles. The van der Waals surface area contributed by atoms with E-state index in [-0.39, 0.29) is 12.5 Å². The predicted molar refractivity (Wildman–Crippen MR) is 104 cm³/mol. The van der Waals surface area contributed by atoms with Crippen LogP contribution in [-0.2, 0) is 18.4 Å². The summed E-state index contributed by atoms with van der Waals surface area (Å²) in [6.45, 7) is 0.276. The molecule has 146 valence electrons. The molecule has 0 aliphatic heterocycles. The normalized spacial score (nSPS) is 14.7. The largest absolute Gasteiger partial charge is 0.493 e. The summed E-state index contributed by atoms with van der Waals surface area (Å²) in [7, 11) is 3.49. The van der Waals surface area contributed by atoms with Gasteiger partial charge < -0.3 is 19.4 Å². The number of benzene rings is 1. The van der Waals surface area contributed by atoms with Crippen LogP contribution in [0, 0.1) is 0 Å². The number of carbonyl (C=O) groups excluding carboxylic acids is 1. The fourth-order valence-electron chi connectivity index (χ4n) is 3.12. The lowest BCUT2D eigenvalue weighted by molar-refractivity contribution is -0.119. The van der Waals surface area contributed by atoms with Crippen molar-refractivity contribution in [1.29, 1.82) is 0 Å². The first-order valence-corrected chi connectivity index (χ1v) is 10.2. The molecule has 1 aromatic carbocycles. The summed E-state index contributed by atoms with van der Waals surface area (Å²) < 4.78 is 12.9. The molecule has 27 heavy (non-hydrogen) atoms. The second kappa shape index (κ2) is 9.64. The van der Waals surface area contributed by atoms with E-state index in [0.29, 0.717) is 34.3 Å². The molecule has 1 aliphatic rings. The Kier molecular flexibility index (Phi) is 6.98. The molecular formula is C19H26N4O3S. The molecule has 1 fully saturated rings. The number of nitrogens with zero attached hydrogens (tertiary/aromatic N) is 3. The molecule has 1 heterocycles. The number of methoxy groups -OCH3 is 1. The van der Waals surface area contributed by atoms with Crippen molar-refractivity contribution < 1.29 is 14.3 Å². The van der Waals surface area contributed by atoms with Crippen LogP contribution in [0.5, 0.6) is 11.5 Å². The number of ether oxygens (including phenoxy) is 2. The minimum Gasteiger partial charge on any atom is -0.493 e. The summed E-state index contributed by atoms with van der Waals surface area (Å²) >= 11 is 1.39. The number of hydrogen-bond acceptors (Lipinski definition) is 6. The second-order valence-corrected chi connectivity index (χ2v) is 7.53. The van der Waals surface area contributed by atoms with Gasteiger partial charge in [0.15, 0.2) is 22.5 Å². The highest BCUT2D eigenvalue weighted by molar-refractivity contribution is 7.99. The highest BCUT2D eigenvalue weighted by Gasteiger charge is 2.17. The van der Waals surface area contributed by atoms with E-state index in [1.54, 1.807) is 7.11 Å². The molecule has 1 aliphatic carbocycles. The maximum Gasteiger partial charge on any atom is 0.230 e. The maximum absolute atomic E-state index is 12.2. The van der Waals surface area contributed by atoms with E-state index in [1.165, 1.54) is 31.0 Å². The van der Waals surface area contributed by atoms with Crippen LogP contribution < -0.4 is 14.8 Å². The zero-order chi connectivity index (χ0) is 19.1. The van der Waals surface area contributed by atoms with E-state index in [4.69, 9.17) is 9.47 Å². The Morgan fingerprint density at radius 3 is 2.70 bits per heavy atom. The monoisotopic (exact) mass is 390 g/mol. The average molecular weight is 391 g/mol. The van der Waals surface area contributed by atoms with Gasteiger partial charge in [-0.1, -0.05) is 43.2 Å². The van der Waals surface area contributed by atoms with Crippen LogP contribution >= 0.6 is 11.8 Å². The first-order valence-electron chi connectivity index (χ1n) is 9.23. The number of rotatable bonds is 8. The van der Waals surface area contributed by atoms with Crippen molar-refractivity contribution in [3.05, 3.63) is 30.1 Å². The standard InChI is InChI=1S/C19H26N4O3S/c1-23-17(12-26-16-11-7-6-10-15(16)25-2)21-22-19(23)27-13-18(24)20-14-8-4-3-5-9-14/h6-7,10-11,14H,3-5,8-9,12-13H2,1-2H3,(H,20,24). The van der Waals surface area contributed by atoms with Crippen molar-refractivity contribution in [2.75, 3.05) is 12.9 Å². The van der Waals surface area contributed by atoms with E-state index in [0.717, 1.165) is 12.8 Å². The summed E-state index contributed by atoms with van der Waals surface area (Å²) in [5, 5.41) is 12.2. The Balaban J connectivity index is 1.50. The van der Waals surface area contributed by atoms with E-state index in [9.17, 15) is 4.79 Å². The third-order valence-corrected chi connectivity index (χ3v) is 5.67. The first-order chi connectivity index (χ1) is 13.2. The number of nitrogens with one attached hydrogen (secondary N) is 1. The van der Waals surface area contributed by atoms with Crippen LogP contribution in [-0.4, -0.2) is 39.6 Å². The van der Waals surface area contributed by atoms with Gasteiger partial charge in [0, 0.05) is 13.1 Å². The van der Waals surface area contributed by atoms with E-state index >= 15 is 0 Å². The molecule has 0 spiro atoms. The summed E-state index contributed by atoms with van der Waals surface area (Å²) in [5.74, 6) is 2.42.